The number of benzene rings is 2. The fourth-order valence-electron chi connectivity index (χ4n) is 2.71. The molecule has 0 spiro atoms. The largest absolute Gasteiger partial charge is 0.316 e. The monoisotopic (exact) mass is 408 g/mol. The van der Waals surface area contributed by atoms with Crippen molar-refractivity contribution in [3.8, 4) is 0 Å². The van der Waals surface area contributed by atoms with Crippen LogP contribution in [-0.2, 0) is 16.4 Å². The fourth-order valence-corrected chi connectivity index (χ4v) is 4.82. The van der Waals surface area contributed by atoms with Crippen LogP contribution < -0.4 is 4.80 Å². The molecule has 3 rings (SSSR count). The van der Waals surface area contributed by atoms with Gasteiger partial charge in [0.15, 0.2) is 14.6 Å². The topological polar surface area (TPSA) is 68.5 Å². The van der Waals surface area contributed by atoms with Crippen molar-refractivity contribution >= 4 is 48.9 Å². The number of carbonyl (C=O) groups excluding carboxylic acids is 1. The van der Waals surface area contributed by atoms with E-state index in [0.29, 0.717) is 16.4 Å². The molecule has 0 saturated heterocycles. The Hall–Kier alpha value is -1.96. The molecular formula is C18H17ClN2O3S2. The number of thiazole rings is 1. The van der Waals surface area contributed by atoms with Gasteiger partial charge in [-0.3, -0.25) is 4.79 Å². The zero-order valence-electron chi connectivity index (χ0n) is 14.5. The Morgan fingerprint density at radius 3 is 2.65 bits per heavy atom. The summed E-state index contributed by atoms with van der Waals surface area (Å²) >= 11 is 7.65. The molecule has 0 atom stereocenters. The fraction of sp³-hybridized carbons (Fsp3) is 0.222. The first-order valence-corrected chi connectivity index (χ1v) is 11.0. The van der Waals surface area contributed by atoms with E-state index in [1.165, 1.54) is 23.5 Å². The molecule has 136 valence electrons. The van der Waals surface area contributed by atoms with E-state index in [4.69, 9.17) is 11.6 Å². The summed E-state index contributed by atoms with van der Waals surface area (Å²) in [7, 11) is -3.39. The van der Waals surface area contributed by atoms with E-state index in [0.717, 1.165) is 22.0 Å². The molecule has 8 heteroatoms. The van der Waals surface area contributed by atoms with Crippen LogP contribution in [-0.4, -0.2) is 25.1 Å². The number of sulfone groups is 1. The van der Waals surface area contributed by atoms with Gasteiger partial charge in [-0.1, -0.05) is 35.1 Å². The van der Waals surface area contributed by atoms with Crippen molar-refractivity contribution in [3.05, 3.63) is 57.3 Å². The summed E-state index contributed by atoms with van der Waals surface area (Å²) in [5.74, 6) is -0.488. The molecule has 0 N–H and O–H groups in total. The number of rotatable bonds is 3. The number of fused-ring (bicyclic) bond motifs is 1. The Labute approximate surface area is 160 Å². The smallest absolute Gasteiger partial charge is 0.279 e. The van der Waals surface area contributed by atoms with Gasteiger partial charge in [0.25, 0.3) is 5.91 Å². The van der Waals surface area contributed by atoms with E-state index in [1.807, 2.05) is 30.5 Å². The minimum atomic E-state index is -3.39. The molecule has 0 unspecified atom stereocenters. The SMILES string of the molecule is CCn1c(=NC(=O)c2cccc(S(C)(=O)=O)c2)sc2c(Cl)ccc(C)c21. The van der Waals surface area contributed by atoms with Crippen LogP contribution in [0.2, 0.25) is 5.02 Å². The average Bonchev–Trinajstić information content (AvgIpc) is 2.97. The minimum Gasteiger partial charge on any atom is -0.316 e. The van der Waals surface area contributed by atoms with Crippen LogP contribution in [0.1, 0.15) is 22.8 Å². The van der Waals surface area contributed by atoms with Gasteiger partial charge >= 0.3 is 0 Å². The maximum Gasteiger partial charge on any atom is 0.279 e. The molecule has 1 heterocycles. The first-order valence-electron chi connectivity index (χ1n) is 7.90. The van der Waals surface area contributed by atoms with Gasteiger partial charge in [-0.15, -0.1) is 0 Å². The summed E-state index contributed by atoms with van der Waals surface area (Å²) in [6.45, 7) is 4.59. The molecular weight excluding hydrogens is 392 g/mol. The van der Waals surface area contributed by atoms with Crippen molar-refractivity contribution in [3.63, 3.8) is 0 Å². The second kappa shape index (κ2) is 6.98. The Morgan fingerprint density at radius 1 is 1.27 bits per heavy atom. The lowest BCUT2D eigenvalue weighted by atomic mass is 10.2. The normalized spacial score (nSPS) is 12.7. The molecule has 5 nitrogen and oxygen atoms in total. The number of carbonyl (C=O) groups is 1. The standard InChI is InChI=1S/C18H17ClN2O3S2/c1-4-21-15-11(2)8-9-14(19)16(15)25-18(21)20-17(22)12-6-5-7-13(10-12)26(3,23)24/h5-10H,4H2,1-3H3. The minimum absolute atomic E-state index is 0.0946. The third kappa shape index (κ3) is 3.47. The van der Waals surface area contributed by atoms with Crippen LogP contribution in [0.5, 0.6) is 0 Å². The van der Waals surface area contributed by atoms with Crippen LogP contribution in [0.4, 0.5) is 0 Å². The van der Waals surface area contributed by atoms with Crippen molar-refractivity contribution in [2.45, 2.75) is 25.3 Å². The summed E-state index contributed by atoms with van der Waals surface area (Å²) in [4.78, 5) is 17.5. The Kier molecular flexibility index (Phi) is 5.05. The number of halogens is 1. The average molecular weight is 409 g/mol. The van der Waals surface area contributed by atoms with Crippen molar-refractivity contribution < 1.29 is 13.2 Å². The van der Waals surface area contributed by atoms with Crippen LogP contribution in [0.3, 0.4) is 0 Å². The van der Waals surface area contributed by atoms with Crippen molar-refractivity contribution in [1.82, 2.24) is 4.57 Å². The Bertz CT molecular complexity index is 1190. The van der Waals surface area contributed by atoms with Crippen molar-refractivity contribution in [1.29, 1.82) is 0 Å². The predicted molar refractivity (Wildman–Crippen MR) is 105 cm³/mol. The first-order chi connectivity index (χ1) is 12.2. The summed E-state index contributed by atoms with van der Waals surface area (Å²) in [5.41, 5.74) is 2.24. The van der Waals surface area contributed by atoms with Crippen LogP contribution >= 0.6 is 22.9 Å². The van der Waals surface area contributed by atoms with E-state index in [2.05, 4.69) is 4.99 Å². The third-order valence-corrected chi connectivity index (χ3v) is 6.65. The maximum atomic E-state index is 12.6. The molecule has 0 radical (unpaired) electrons. The molecule has 26 heavy (non-hydrogen) atoms. The molecule has 3 aromatic rings. The van der Waals surface area contributed by atoms with E-state index >= 15 is 0 Å². The Balaban J connectivity index is 2.18. The van der Waals surface area contributed by atoms with E-state index in [1.54, 1.807) is 12.1 Å². The highest BCUT2D eigenvalue weighted by Gasteiger charge is 2.14. The number of aryl methyl sites for hydroxylation is 2. The van der Waals surface area contributed by atoms with Gasteiger partial charge in [-0.05, 0) is 43.7 Å². The first kappa shape index (κ1) is 18.8. The number of amides is 1. The predicted octanol–water partition coefficient (Wildman–Crippen LogP) is 3.83. The van der Waals surface area contributed by atoms with Crippen LogP contribution in [0.15, 0.2) is 46.3 Å². The molecule has 1 aromatic heterocycles. The number of hydrogen-bond donors (Lipinski definition) is 0. The lowest BCUT2D eigenvalue weighted by Crippen LogP contribution is -2.16. The van der Waals surface area contributed by atoms with E-state index in [9.17, 15) is 13.2 Å². The highest BCUT2D eigenvalue weighted by molar-refractivity contribution is 7.90. The summed E-state index contributed by atoms with van der Waals surface area (Å²) in [6.07, 6.45) is 1.11. The second-order valence-electron chi connectivity index (χ2n) is 5.89. The molecule has 0 aliphatic heterocycles. The van der Waals surface area contributed by atoms with Gasteiger partial charge in [0, 0.05) is 18.4 Å². The summed E-state index contributed by atoms with van der Waals surface area (Å²) < 4.78 is 26.2. The quantitative estimate of drug-likeness (QED) is 0.661. The lowest BCUT2D eigenvalue weighted by molar-refractivity contribution is 0.0997. The van der Waals surface area contributed by atoms with Gasteiger partial charge in [-0.2, -0.15) is 4.99 Å². The number of nitrogens with zero attached hydrogens (tertiary/aromatic N) is 2. The van der Waals surface area contributed by atoms with Crippen molar-refractivity contribution in [2.24, 2.45) is 4.99 Å². The molecule has 1 amide bonds. The molecule has 0 fully saturated rings. The molecule has 2 aromatic carbocycles. The summed E-state index contributed by atoms with van der Waals surface area (Å²) in [5, 5.41) is 0.616. The molecule has 0 bridgehead atoms. The van der Waals surface area contributed by atoms with Gasteiger partial charge in [0.05, 0.1) is 20.1 Å². The molecule has 0 aliphatic rings. The highest BCUT2D eigenvalue weighted by atomic mass is 35.5. The number of hydrogen-bond acceptors (Lipinski definition) is 4. The molecule has 0 saturated carbocycles. The Morgan fingerprint density at radius 2 is 2.00 bits per heavy atom. The van der Waals surface area contributed by atoms with Gasteiger partial charge < -0.3 is 4.57 Å². The van der Waals surface area contributed by atoms with Gasteiger partial charge in [0.1, 0.15) is 0 Å². The maximum absolute atomic E-state index is 12.6. The number of aromatic nitrogens is 1. The molecule has 0 aliphatic carbocycles. The third-order valence-electron chi connectivity index (χ3n) is 4.00. The van der Waals surface area contributed by atoms with Crippen LogP contribution in [0, 0.1) is 6.92 Å². The van der Waals surface area contributed by atoms with E-state index < -0.39 is 15.7 Å². The van der Waals surface area contributed by atoms with E-state index in [-0.39, 0.29) is 10.5 Å². The zero-order valence-corrected chi connectivity index (χ0v) is 16.9. The van der Waals surface area contributed by atoms with Gasteiger partial charge in [0.2, 0.25) is 0 Å². The zero-order chi connectivity index (χ0) is 19.1. The van der Waals surface area contributed by atoms with Crippen LogP contribution in [0.25, 0.3) is 10.2 Å². The van der Waals surface area contributed by atoms with Gasteiger partial charge in [-0.25, -0.2) is 8.42 Å². The van der Waals surface area contributed by atoms with Crippen molar-refractivity contribution in [2.75, 3.05) is 6.26 Å². The highest BCUT2D eigenvalue weighted by Crippen LogP contribution is 2.28. The lowest BCUT2D eigenvalue weighted by Gasteiger charge is -2.04. The summed E-state index contributed by atoms with van der Waals surface area (Å²) in [6, 6.07) is 9.67. The second-order valence-corrected chi connectivity index (χ2v) is 9.29.